The number of allylic oxidation sites excluding steroid dienone is 1. The quantitative estimate of drug-likeness (QED) is 0.686. The summed E-state index contributed by atoms with van der Waals surface area (Å²) in [4.78, 5) is 11.9. The van der Waals surface area contributed by atoms with Gasteiger partial charge < -0.3 is 5.11 Å². The molecule has 0 unspecified atom stereocenters. The fraction of sp³-hybridized carbons (Fsp3) is 0. The zero-order chi connectivity index (χ0) is 13.0. The Bertz CT molecular complexity index is 603. The second kappa shape index (κ2) is 5.65. The number of phenolic OH excluding ortho intramolecular Hbond substituents is 1. The van der Waals surface area contributed by atoms with Gasteiger partial charge in [0.2, 0.25) is 0 Å². The zero-order valence-electron chi connectivity index (χ0n) is 9.51. The summed E-state index contributed by atoms with van der Waals surface area (Å²) >= 11 is 3.37. The summed E-state index contributed by atoms with van der Waals surface area (Å²) < 4.78 is 0.958. The van der Waals surface area contributed by atoms with E-state index in [2.05, 4.69) is 15.9 Å². The van der Waals surface area contributed by atoms with Gasteiger partial charge in [-0.25, -0.2) is 0 Å². The number of benzene rings is 2. The second-order valence-electron chi connectivity index (χ2n) is 3.77. The van der Waals surface area contributed by atoms with Crippen LogP contribution in [0, 0.1) is 0 Å². The van der Waals surface area contributed by atoms with Crippen LogP contribution in [0.4, 0.5) is 0 Å². The van der Waals surface area contributed by atoms with Gasteiger partial charge in [0.1, 0.15) is 5.75 Å². The number of ketones is 1. The lowest BCUT2D eigenvalue weighted by Crippen LogP contribution is -1.94. The van der Waals surface area contributed by atoms with Crippen LogP contribution < -0.4 is 0 Å². The molecule has 0 aliphatic rings. The maximum atomic E-state index is 11.9. The molecule has 0 aliphatic carbocycles. The van der Waals surface area contributed by atoms with Crippen LogP contribution in [0.1, 0.15) is 15.9 Å². The van der Waals surface area contributed by atoms with Gasteiger partial charge in [-0.2, -0.15) is 0 Å². The minimum absolute atomic E-state index is 0.00129. The van der Waals surface area contributed by atoms with Crippen LogP contribution in [0.3, 0.4) is 0 Å². The molecule has 1 N–H and O–H groups in total. The van der Waals surface area contributed by atoms with Gasteiger partial charge in [0.25, 0.3) is 0 Å². The fourth-order valence-corrected chi connectivity index (χ4v) is 1.97. The van der Waals surface area contributed by atoms with Gasteiger partial charge >= 0.3 is 0 Å². The van der Waals surface area contributed by atoms with Gasteiger partial charge in [-0.15, -0.1) is 0 Å². The highest BCUT2D eigenvalue weighted by Crippen LogP contribution is 2.18. The van der Waals surface area contributed by atoms with E-state index in [1.165, 1.54) is 12.1 Å². The standard InChI is InChI=1S/C15H11BrO2/c16-12-5-3-4-11(10-12)8-9-15(18)13-6-1-2-7-14(13)17/h1-10,17H. The summed E-state index contributed by atoms with van der Waals surface area (Å²) in [5.41, 5.74) is 1.23. The molecule has 2 aromatic rings. The van der Waals surface area contributed by atoms with Crippen molar-refractivity contribution in [2.75, 3.05) is 0 Å². The molecule has 2 aromatic carbocycles. The number of rotatable bonds is 3. The van der Waals surface area contributed by atoms with Crippen molar-refractivity contribution < 1.29 is 9.90 Å². The summed E-state index contributed by atoms with van der Waals surface area (Å²) in [7, 11) is 0. The van der Waals surface area contributed by atoms with E-state index in [9.17, 15) is 9.90 Å². The van der Waals surface area contributed by atoms with Crippen molar-refractivity contribution in [3.05, 3.63) is 70.2 Å². The molecule has 0 heterocycles. The highest BCUT2D eigenvalue weighted by atomic mass is 79.9. The lowest BCUT2D eigenvalue weighted by molar-refractivity contribution is 0.104. The summed E-state index contributed by atoms with van der Waals surface area (Å²) in [6.45, 7) is 0. The molecule has 2 nitrogen and oxygen atoms in total. The Labute approximate surface area is 114 Å². The van der Waals surface area contributed by atoms with E-state index < -0.39 is 0 Å². The fourth-order valence-electron chi connectivity index (χ4n) is 1.55. The van der Waals surface area contributed by atoms with E-state index in [0.717, 1.165) is 10.0 Å². The molecule has 0 atom stereocenters. The maximum Gasteiger partial charge on any atom is 0.189 e. The van der Waals surface area contributed by atoms with Crippen LogP contribution in [-0.4, -0.2) is 10.9 Å². The average Bonchev–Trinajstić information content (AvgIpc) is 2.37. The van der Waals surface area contributed by atoms with Crippen molar-refractivity contribution in [1.82, 2.24) is 0 Å². The third kappa shape index (κ3) is 3.08. The Morgan fingerprint density at radius 1 is 1.11 bits per heavy atom. The predicted octanol–water partition coefficient (Wildman–Crippen LogP) is 4.05. The molecule has 0 saturated carbocycles. The molecule has 18 heavy (non-hydrogen) atoms. The number of hydrogen-bond acceptors (Lipinski definition) is 2. The van der Waals surface area contributed by atoms with E-state index in [-0.39, 0.29) is 11.5 Å². The number of hydrogen-bond donors (Lipinski definition) is 1. The van der Waals surface area contributed by atoms with Crippen LogP contribution in [0.25, 0.3) is 6.08 Å². The van der Waals surface area contributed by atoms with Gasteiger partial charge in [0.15, 0.2) is 5.78 Å². The van der Waals surface area contributed by atoms with E-state index in [1.54, 1.807) is 24.3 Å². The number of para-hydroxylation sites is 1. The molecule has 0 fully saturated rings. The predicted molar refractivity (Wildman–Crippen MR) is 75.6 cm³/mol. The number of carbonyl (C=O) groups excluding carboxylic acids is 1. The van der Waals surface area contributed by atoms with Crippen molar-refractivity contribution in [2.24, 2.45) is 0 Å². The lowest BCUT2D eigenvalue weighted by Gasteiger charge is -1.99. The van der Waals surface area contributed by atoms with Gasteiger partial charge in [0, 0.05) is 4.47 Å². The lowest BCUT2D eigenvalue weighted by atomic mass is 10.1. The minimum atomic E-state index is -0.215. The first-order valence-electron chi connectivity index (χ1n) is 5.43. The highest BCUT2D eigenvalue weighted by molar-refractivity contribution is 9.10. The summed E-state index contributed by atoms with van der Waals surface area (Å²) in [6, 6.07) is 14.1. The second-order valence-corrected chi connectivity index (χ2v) is 4.69. The third-order valence-corrected chi connectivity index (χ3v) is 2.94. The molecule has 0 aliphatic heterocycles. The van der Waals surface area contributed by atoms with Crippen molar-refractivity contribution in [3.8, 4) is 5.75 Å². The molecule has 2 rings (SSSR count). The normalized spacial score (nSPS) is 10.7. The molecule has 0 amide bonds. The smallest absolute Gasteiger partial charge is 0.189 e. The molecule has 0 aromatic heterocycles. The molecule has 0 bridgehead atoms. The minimum Gasteiger partial charge on any atom is -0.507 e. The van der Waals surface area contributed by atoms with Gasteiger partial charge in [0.05, 0.1) is 5.56 Å². The Kier molecular flexibility index (Phi) is 3.95. The first kappa shape index (κ1) is 12.6. The Morgan fingerprint density at radius 2 is 1.89 bits per heavy atom. The summed E-state index contributed by atoms with van der Waals surface area (Å²) in [5, 5.41) is 9.56. The van der Waals surface area contributed by atoms with Gasteiger partial charge in [-0.05, 0) is 35.9 Å². The van der Waals surface area contributed by atoms with Gasteiger partial charge in [-0.3, -0.25) is 4.79 Å². The Balaban J connectivity index is 2.20. The van der Waals surface area contributed by atoms with Crippen LogP contribution in [0.15, 0.2) is 59.1 Å². The molecule has 0 saturated heterocycles. The topological polar surface area (TPSA) is 37.3 Å². The van der Waals surface area contributed by atoms with Crippen LogP contribution >= 0.6 is 15.9 Å². The van der Waals surface area contributed by atoms with E-state index in [4.69, 9.17) is 0 Å². The SMILES string of the molecule is O=C(C=Cc1cccc(Br)c1)c1ccccc1O. The largest absolute Gasteiger partial charge is 0.507 e. The Morgan fingerprint density at radius 3 is 2.61 bits per heavy atom. The average molecular weight is 303 g/mol. The number of aromatic hydroxyl groups is 1. The van der Waals surface area contributed by atoms with Crippen molar-refractivity contribution in [1.29, 1.82) is 0 Å². The summed E-state index contributed by atoms with van der Waals surface area (Å²) in [5.74, 6) is -0.213. The number of carbonyl (C=O) groups is 1. The highest BCUT2D eigenvalue weighted by Gasteiger charge is 2.06. The van der Waals surface area contributed by atoms with E-state index in [1.807, 2.05) is 24.3 Å². The third-order valence-electron chi connectivity index (χ3n) is 2.45. The number of phenols is 1. The first-order chi connectivity index (χ1) is 8.66. The van der Waals surface area contributed by atoms with Crippen LogP contribution in [0.2, 0.25) is 0 Å². The number of halogens is 1. The van der Waals surface area contributed by atoms with Crippen molar-refractivity contribution >= 4 is 27.8 Å². The van der Waals surface area contributed by atoms with Crippen LogP contribution in [0.5, 0.6) is 5.75 Å². The van der Waals surface area contributed by atoms with Crippen LogP contribution in [-0.2, 0) is 0 Å². The molecular weight excluding hydrogens is 292 g/mol. The summed E-state index contributed by atoms with van der Waals surface area (Å²) in [6.07, 6.45) is 3.18. The van der Waals surface area contributed by atoms with Crippen molar-refractivity contribution in [2.45, 2.75) is 0 Å². The van der Waals surface area contributed by atoms with E-state index >= 15 is 0 Å². The molecule has 0 radical (unpaired) electrons. The first-order valence-corrected chi connectivity index (χ1v) is 6.22. The molecular formula is C15H11BrO2. The maximum absolute atomic E-state index is 11.9. The van der Waals surface area contributed by atoms with Crippen molar-refractivity contribution in [3.63, 3.8) is 0 Å². The van der Waals surface area contributed by atoms with Gasteiger partial charge in [-0.1, -0.05) is 46.3 Å². The zero-order valence-corrected chi connectivity index (χ0v) is 11.1. The van der Waals surface area contributed by atoms with E-state index in [0.29, 0.717) is 5.56 Å². The molecule has 0 spiro atoms. The monoisotopic (exact) mass is 302 g/mol. The molecule has 90 valence electrons. The Hall–Kier alpha value is -1.87. The molecule has 3 heteroatoms.